The zero-order valence-corrected chi connectivity index (χ0v) is 16.9. The molecule has 4 heteroatoms. The van der Waals surface area contributed by atoms with Crippen LogP contribution in [0, 0.1) is 0 Å². The minimum absolute atomic E-state index is 0.295. The van der Waals surface area contributed by atoms with E-state index in [-0.39, 0.29) is 12.2 Å². The molecule has 28 heavy (non-hydrogen) atoms. The lowest BCUT2D eigenvalue weighted by molar-refractivity contribution is -0.267. The number of ether oxygens (including phenoxy) is 3. The predicted octanol–water partition coefficient (Wildman–Crippen LogP) is 4.50. The second-order valence-corrected chi connectivity index (χ2v) is 7.62. The molecule has 0 aliphatic carbocycles. The van der Waals surface area contributed by atoms with Gasteiger partial charge in [-0.15, -0.1) is 0 Å². The van der Waals surface area contributed by atoms with E-state index in [1.54, 1.807) is 0 Å². The van der Waals surface area contributed by atoms with E-state index in [2.05, 4.69) is 6.92 Å². The quantitative estimate of drug-likeness (QED) is 0.692. The summed E-state index contributed by atoms with van der Waals surface area (Å²) in [6.45, 7) is 5.39. The van der Waals surface area contributed by atoms with Gasteiger partial charge in [-0.3, -0.25) is 0 Å². The molecule has 4 atom stereocenters. The maximum Gasteiger partial charge on any atom is 0.119 e. The summed E-state index contributed by atoms with van der Waals surface area (Å²) >= 11 is 0. The molecule has 0 amide bonds. The second-order valence-electron chi connectivity index (χ2n) is 7.62. The predicted molar refractivity (Wildman–Crippen MR) is 110 cm³/mol. The Morgan fingerprint density at radius 3 is 2.11 bits per heavy atom. The highest BCUT2D eigenvalue weighted by atomic mass is 16.6. The van der Waals surface area contributed by atoms with Crippen molar-refractivity contribution in [1.82, 2.24) is 0 Å². The first-order valence-corrected chi connectivity index (χ1v) is 10.3. The highest BCUT2D eigenvalue weighted by molar-refractivity contribution is 5.15. The van der Waals surface area contributed by atoms with Crippen LogP contribution in [0.3, 0.4) is 0 Å². The highest BCUT2D eigenvalue weighted by Gasteiger charge is 2.51. The normalized spacial score (nSPS) is 27.6. The average Bonchev–Trinajstić information content (AvgIpc) is 2.74. The largest absolute Gasteiger partial charge is 0.384 e. The van der Waals surface area contributed by atoms with Crippen LogP contribution < -0.4 is 0 Å². The lowest BCUT2D eigenvalue weighted by atomic mass is 9.81. The van der Waals surface area contributed by atoms with Crippen LogP contribution >= 0.6 is 0 Å². The van der Waals surface area contributed by atoms with Gasteiger partial charge < -0.3 is 19.3 Å². The summed E-state index contributed by atoms with van der Waals surface area (Å²) in [5.74, 6) is 0. The van der Waals surface area contributed by atoms with Gasteiger partial charge in [-0.05, 0) is 24.5 Å². The van der Waals surface area contributed by atoms with Crippen molar-refractivity contribution in [3.8, 4) is 0 Å². The highest BCUT2D eigenvalue weighted by Crippen LogP contribution is 2.35. The van der Waals surface area contributed by atoms with E-state index in [4.69, 9.17) is 14.2 Å². The fourth-order valence-corrected chi connectivity index (χ4v) is 3.75. The molecule has 2 aromatic carbocycles. The SMILES string of the molecule is CCCC[C@@]1(O)C(C)OC[C@H](OCc2ccccc2)C1OCc1ccccc1. The van der Waals surface area contributed by atoms with Gasteiger partial charge in [-0.25, -0.2) is 0 Å². The topological polar surface area (TPSA) is 47.9 Å². The maximum atomic E-state index is 11.5. The molecule has 4 nitrogen and oxygen atoms in total. The molecule has 0 bridgehead atoms. The Hall–Kier alpha value is -1.72. The van der Waals surface area contributed by atoms with Gasteiger partial charge in [0, 0.05) is 0 Å². The molecule has 0 spiro atoms. The van der Waals surface area contributed by atoms with E-state index in [0.29, 0.717) is 26.2 Å². The van der Waals surface area contributed by atoms with Crippen molar-refractivity contribution in [2.75, 3.05) is 6.61 Å². The maximum absolute atomic E-state index is 11.5. The first kappa shape index (κ1) is 21.0. The van der Waals surface area contributed by atoms with Gasteiger partial charge >= 0.3 is 0 Å². The lowest BCUT2D eigenvalue weighted by Crippen LogP contribution is -2.63. The van der Waals surface area contributed by atoms with Crippen molar-refractivity contribution < 1.29 is 19.3 Å². The van der Waals surface area contributed by atoms with Crippen LogP contribution in [0.1, 0.15) is 44.2 Å². The molecule has 1 aliphatic rings. The summed E-state index contributed by atoms with van der Waals surface area (Å²) in [5, 5.41) is 11.5. The standard InChI is InChI=1S/C24H32O4/c1-3-4-15-24(25)19(2)26-18-22(27-16-20-11-7-5-8-12-20)23(24)28-17-21-13-9-6-10-14-21/h5-14,19,22-23,25H,3-4,15-18H2,1-2H3/t19?,22-,23?,24+/m0/s1. The second kappa shape index (κ2) is 10.2. The van der Waals surface area contributed by atoms with Gasteiger partial charge in [0.15, 0.2) is 0 Å². The Labute approximate surface area is 168 Å². The third-order valence-corrected chi connectivity index (χ3v) is 5.55. The fourth-order valence-electron chi connectivity index (χ4n) is 3.75. The zero-order valence-electron chi connectivity index (χ0n) is 16.9. The van der Waals surface area contributed by atoms with Gasteiger partial charge in [0.05, 0.1) is 25.9 Å². The molecule has 1 heterocycles. The average molecular weight is 385 g/mol. The van der Waals surface area contributed by atoms with Crippen LogP contribution in [-0.2, 0) is 27.4 Å². The molecule has 1 fully saturated rings. The number of unbranched alkanes of at least 4 members (excludes halogenated alkanes) is 1. The molecule has 3 rings (SSSR count). The summed E-state index contributed by atoms with van der Waals surface area (Å²) in [4.78, 5) is 0. The van der Waals surface area contributed by atoms with E-state index in [1.807, 2.05) is 67.6 Å². The Morgan fingerprint density at radius 1 is 0.964 bits per heavy atom. The number of hydrogen-bond acceptors (Lipinski definition) is 4. The minimum atomic E-state index is -1.07. The molecule has 0 saturated carbocycles. The molecule has 0 radical (unpaired) electrons. The van der Waals surface area contributed by atoms with Crippen molar-refractivity contribution >= 4 is 0 Å². The van der Waals surface area contributed by atoms with Crippen LogP contribution in [0.4, 0.5) is 0 Å². The van der Waals surface area contributed by atoms with Crippen LogP contribution in [-0.4, -0.2) is 35.6 Å². The molecule has 1 aliphatic heterocycles. The molecule has 152 valence electrons. The third kappa shape index (κ3) is 5.21. The monoisotopic (exact) mass is 384 g/mol. The smallest absolute Gasteiger partial charge is 0.119 e. The van der Waals surface area contributed by atoms with Crippen molar-refractivity contribution in [1.29, 1.82) is 0 Å². The van der Waals surface area contributed by atoms with E-state index >= 15 is 0 Å². The van der Waals surface area contributed by atoms with Crippen molar-refractivity contribution in [3.63, 3.8) is 0 Å². The van der Waals surface area contributed by atoms with Crippen molar-refractivity contribution in [3.05, 3.63) is 71.8 Å². The number of hydrogen-bond donors (Lipinski definition) is 1. The van der Waals surface area contributed by atoms with Crippen LogP contribution in [0.2, 0.25) is 0 Å². The summed E-state index contributed by atoms with van der Waals surface area (Å²) in [6.07, 6.45) is 1.51. The Balaban J connectivity index is 1.74. The summed E-state index contributed by atoms with van der Waals surface area (Å²) in [7, 11) is 0. The van der Waals surface area contributed by atoms with Gasteiger partial charge in [0.2, 0.25) is 0 Å². The van der Waals surface area contributed by atoms with Crippen LogP contribution in [0.5, 0.6) is 0 Å². The fraction of sp³-hybridized carbons (Fsp3) is 0.500. The molecular weight excluding hydrogens is 352 g/mol. The first-order chi connectivity index (χ1) is 13.6. The van der Waals surface area contributed by atoms with E-state index in [9.17, 15) is 5.11 Å². The van der Waals surface area contributed by atoms with Gasteiger partial charge in [-0.1, -0.05) is 80.4 Å². The lowest BCUT2D eigenvalue weighted by Gasteiger charge is -2.47. The van der Waals surface area contributed by atoms with Crippen molar-refractivity contribution in [2.24, 2.45) is 0 Å². The van der Waals surface area contributed by atoms with Gasteiger partial charge in [-0.2, -0.15) is 0 Å². The van der Waals surface area contributed by atoms with Crippen LogP contribution in [0.15, 0.2) is 60.7 Å². The van der Waals surface area contributed by atoms with Crippen LogP contribution in [0.25, 0.3) is 0 Å². The number of benzene rings is 2. The summed E-state index contributed by atoms with van der Waals surface area (Å²) in [5.41, 5.74) is 1.12. The minimum Gasteiger partial charge on any atom is -0.384 e. The molecule has 1 saturated heterocycles. The molecule has 1 N–H and O–H groups in total. The molecule has 2 aromatic rings. The Morgan fingerprint density at radius 2 is 1.54 bits per heavy atom. The molecule has 0 aromatic heterocycles. The van der Waals surface area contributed by atoms with E-state index < -0.39 is 11.7 Å². The third-order valence-electron chi connectivity index (χ3n) is 5.55. The Kier molecular flexibility index (Phi) is 7.63. The van der Waals surface area contributed by atoms with E-state index in [0.717, 1.165) is 24.0 Å². The summed E-state index contributed by atoms with van der Waals surface area (Å²) in [6, 6.07) is 20.1. The van der Waals surface area contributed by atoms with Gasteiger partial charge in [0.1, 0.15) is 17.8 Å². The van der Waals surface area contributed by atoms with E-state index in [1.165, 1.54) is 0 Å². The Bertz CT molecular complexity index is 690. The number of rotatable bonds is 9. The molecular formula is C24H32O4. The molecule has 2 unspecified atom stereocenters. The van der Waals surface area contributed by atoms with Crippen molar-refractivity contribution in [2.45, 2.75) is 70.2 Å². The van der Waals surface area contributed by atoms with Gasteiger partial charge in [0.25, 0.3) is 0 Å². The number of aliphatic hydroxyl groups is 1. The zero-order chi connectivity index (χ0) is 19.8. The first-order valence-electron chi connectivity index (χ1n) is 10.3. The summed E-state index contributed by atoms with van der Waals surface area (Å²) < 4.78 is 18.4.